The molecule has 0 saturated carbocycles. The van der Waals surface area contributed by atoms with Gasteiger partial charge in [0.1, 0.15) is 0 Å². The van der Waals surface area contributed by atoms with E-state index in [1.54, 1.807) is 18.3 Å². The van der Waals surface area contributed by atoms with Gasteiger partial charge in [0, 0.05) is 10.9 Å². The fraction of sp³-hybridized carbons (Fsp3) is 0.444. The number of carbonyl (C=O) groups is 1. The summed E-state index contributed by atoms with van der Waals surface area (Å²) < 4.78 is 0. The van der Waals surface area contributed by atoms with E-state index in [2.05, 4.69) is 5.32 Å². The average molecular weight is 198 g/mol. The van der Waals surface area contributed by atoms with Crippen LogP contribution in [0.2, 0.25) is 0 Å². The van der Waals surface area contributed by atoms with Gasteiger partial charge in [-0.1, -0.05) is 6.07 Å². The Balaban J connectivity index is 2.51. The Labute approximate surface area is 81.9 Å². The van der Waals surface area contributed by atoms with E-state index in [0.717, 1.165) is 0 Å². The van der Waals surface area contributed by atoms with Crippen molar-refractivity contribution in [2.75, 3.05) is 0 Å². The first-order chi connectivity index (χ1) is 6.11. The Morgan fingerprint density at radius 1 is 1.62 bits per heavy atom. The maximum atomic E-state index is 10.8. The number of thiophene rings is 1. The van der Waals surface area contributed by atoms with E-state index in [4.69, 9.17) is 5.73 Å². The van der Waals surface area contributed by atoms with Crippen molar-refractivity contribution in [2.45, 2.75) is 25.9 Å². The third-order valence-corrected chi connectivity index (χ3v) is 2.95. The van der Waals surface area contributed by atoms with Crippen molar-refractivity contribution in [3.05, 3.63) is 22.4 Å². The van der Waals surface area contributed by atoms with Gasteiger partial charge >= 0.3 is 0 Å². The molecule has 1 aromatic rings. The Hall–Kier alpha value is -0.870. The lowest BCUT2D eigenvalue weighted by Crippen LogP contribution is -2.39. The molecule has 3 nitrogen and oxygen atoms in total. The molecule has 1 amide bonds. The van der Waals surface area contributed by atoms with Gasteiger partial charge in [0.25, 0.3) is 0 Å². The average Bonchev–Trinajstić information content (AvgIpc) is 2.55. The van der Waals surface area contributed by atoms with Crippen molar-refractivity contribution in [1.29, 1.82) is 0 Å². The summed E-state index contributed by atoms with van der Waals surface area (Å²) in [4.78, 5) is 12.0. The maximum Gasteiger partial charge on any atom is 0.234 e. The van der Waals surface area contributed by atoms with Gasteiger partial charge in [0.05, 0.1) is 6.04 Å². The first kappa shape index (κ1) is 10.2. The number of nitrogens with two attached hydrogens (primary N) is 1. The number of hydrogen-bond donors (Lipinski definition) is 2. The number of carbonyl (C=O) groups excluding carboxylic acids is 1. The van der Waals surface area contributed by atoms with Crippen LogP contribution in [0, 0.1) is 0 Å². The zero-order chi connectivity index (χ0) is 9.84. The van der Waals surface area contributed by atoms with Gasteiger partial charge in [-0.15, -0.1) is 11.3 Å². The number of primary amides is 1. The Morgan fingerprint density at radius 2 is 2.31 bits per heavy atom. The molecular weight excluding hydrogens is 184 g/mol. The fourth-order valence-corrected chi connectivity index (χ4v) is 1.82. The lowest BCUT2D eigenvalue weighted by Gasteiger charge is -2.15. The summed E-state index contributed by atoms with van der Waals surface area (Å²) in [5.41, 5.74) is 5.14. The minimum Gasteiger partial charge on any atom is -0.368 e. The first-order valence-corrected chi connectivity index (χ1v) is 5.08. The van der Waals surface area contributed by atoms with Crippen molar-refractivity contribution >= 4 is 17.2 Å². The summed E-state index contributed by atoms with van der Waals surface area (Å²) in [5.74, 6) is -0.316. The predicted octanol–water partition coefficient (Wildman–Crippen LogP) is 1.27. The number of hydrogen-bond acceptors (Lipinski definition) is 3. The third-order valence-electron chi connectivity index (χ3n) is 1.90. The molecule has 1 aromatic heterocycles. The molecule has 13 heavy (non-hydrogen) atoms. The summed E-state index contributed by atoms with van der Waals surface area (Å²) in [6, 6.07) is 3.93. The van der Waals surface area contributed by atoms with Crippen LogP contribution in [0.1, 0.15) is 24.8 Å². The van der Waals surface area contributed by atoms with Crippen LogP contribution >= 0.6 is 11.3 Å². The van der Waals surface area contributed by atoms with Crippen molar-refractivity contribution in [2.24, 2.45) is 5.73 Å². The molecule has 0 fully saturated rings. The zero-order valence-electron chi connectivity index (χ0n) is 7.78. The third kappa shape index (κ3) is 2.82. The molecule has 0 aliphatic carbocycles. The van der Waals surface area contributed by atoms with Crippen LogP contribution < -0.4 is 11.1 Å². The van der Waals surface area contributed by atoms with Gasteiger partial charge in [-0.05, 0) is 25.3 Å². The van der Waals surface area contributed by atoms with E-state index < -0.39 is 0 Å². The van der Waals surface area contributed by atoms with Crippen molar-refractivity contribution in [1.82, 2.24) is 5.32 Å². The van der Waals surface area contributed by atoms with Crippen molar-refractivity contribution in [3.63, 3.8) is 0 Å². The smallest absolute Gasteiger partial charge is 0.234 e. The van der Waals surface area contributed by atoms with Crippen LogP contribution in [0.5, 0.6) is 0 Å². The highest BCUT2D eigenvalue weighted by Crippen LogP contribution is 2.18. The molecule has 0 saturated heterocycles. The van der Waals surface area contributed by atoms with E-state index in [9.17, 15) is 4.79 Å². The van der Waals surface area contributed by atoms with Crippen LogP contribution in [0.4, 0.5) is 0 Å². The van der Waals surface area contributed by atoms with Gasteiger partial charge in [-0.25, -0.2) is 0 Å². The number of nitrogens with one attached hydrogen (secondary N) is 1. The lowest BCUT2D eigenvalue weighted by molar-refractivity contribution is -0.119. The highest BCUT2D eigenvalue weighted by Gasteiger charge is 2.13. The van der Waals surface area contributed by atoms with Crippen LogP contribution in [-0.4, -0.2) is 11.9 Å². The van der Waals surface area contributed by atoms with E-state index in [-0.39, 0.29) is 18.0 Å². The van der Waals surface area contributed by atoms with Gasteiger partial charge in [-0.3, -0.25) is 10.1 Å². The lowest BCUT2D eigenvalue weighted by atomic mass is 10.2. The molecule has 0 aromatic carbocycles. The van der Waals surface area contributed by atoms with Crippen molar-refractivity contribution < 1.29 is 4.79 Å². The second-order valence-corrected chi connectivity index (χ2v) is 4.01. The summed E-state index contributed by atoms with van der Waals surface area (Å²) >= 11 is 1.67. The van der Waals surface area contributed by atoms with Crippen LogP contribution in [0.15, 0.2) is 17.5 Å². The molecule has 1 heterocycles. The maximum absolute atomic E-state index is 10.8. The van der Waals surface area contributed by atoms with E-state index >= 15 is 0 Å². The molecule has 0 aliphatic heterocycles. The zero-order valence-corrected chi connectivity index (χ0v) is 8.60. The largest absolute Gasteiger partial charge is 0.368 e. The Bertz CT molecular complexity index is 271. The monoisotopic (exact) mass is 198 g/mol. The topological polar surface area (TPSA) is 55.1 Å². The SMILES string of the molecule is CC(N[C@@H](C)c1cccs1)C(N)=O. The van der Waals surface area contributed by atoms with Crippen molar-refractivity contribution in [3.8, 4) is 0 Å². The van der Waals surface area contributed by atoms with Crippen LogP contribution in [0.25, 0.3) is 0 Å². The first-order valence-electron chi connectivity index (χ1n) is 4.20. The standard InChI is InChI=1S/C9H14N2OS/c1-6(8-4-3-5-13-8)11-7(2)9(10)12/h3-7,11H,1-2H3,(H2,10,12)/t6-,7?/m0/s1. The molecule has 1 unspecified atom stereocenters. The fourth-order valence-electron chi connectivity index (χ4n) is 1.08. The van der Waals surface area contributed by atoms with Gasteiger partial charge in [0.15, 0.2) is 0 Å². The highest BCUT2D eigenvalue weighted by atomic mass is 32.1. The molecule has 0 spiro atoms. The van der Waals surface area contributed by atoms with Crippen LogP contribution in [-0.2, 0) is 4.79 Å². The quantitative estimate of drug-likeness (QED) is 0.765. The molecule has 1 rings (SSSR count). The summed E-state index contributed by atoms with van der Waals surface area (Å²) in [7, 11) is 0. The second kappa shape index (κ2) is 4.39. The minimum atomic E-state index is -0.316. The molecule has 72 valence electrons. The Morgan fingerprint density at radius 3 is 2.77 bits per heavy atom. The van der Waals surface area contributed by atoms with Gasteiger partial charge in [0.2, 0.25) is 5.91 Å². The normalized spacial score (nSPS) is 15.2. The molecular formula is C9H14N2OS. The number of rotatable bonds is 4. The molecule has 4 heteroatoms. The molecule has 0 aliphatic rings. The molecule has 2 atom stereocenters. The molecule has 0 radical (unpaired) electrons. The molecule has 0 bridgehead atoms. The second-order valence-electron chi connectivity index (χ2n) is 3.03. The molecule has 3 N–H and O–H groups in total. The van der Waals surface area contributed by atoms with E-state index in [1.165, 1.54) is 4.88 Å². The minimum absolute atomic E-state index is 0.183. The van der Waals surface area contributed by atoms with Gasteiger partial charge < -0.3 is 5.73 Å². The summed E-state index contributed by atoms with van der Waals surface area (Å²) in [5, 5.41) is 5.13. The van der Waals surface area contributed by atoms with Gasteiger partial charge in [-0.2, -0.15) is 0 Å². The van der Waals surface area contributed by atoms with E-state index in [1.807, 2.05) is 24.4 Å². The summed E-state index contributed by atoms with van der Waals surface area (Å²) in [6.07, 6.45) is 0. The number of amides is 1. The van der Waals surface area contributed by atoms with E-state index in [0.29, 0.717) is 0 Å². The highest BCUT2D eigenvalue weighted by molar-refractivity contribution is 7.10. The summed E-state index contributed by atoms with van der Waals surface area (Å²) in [6.45, 7) is 3.79. The Kier molecular flexibility index (Phi) is 3.45. The van der Waals surface area contributed by atoms with Crippen LogP contribution in [0.3, 0.4) is 0 Å². The predicted molar refractivity (Wildman–Crippen MR) is 54.5 cm³/mol.